The average molecular weight is 255 g/mol. The first-order valence-electron chi connectivity index (χ1n) is 6.84. The molecule has 0 atom stereocenters. The minimum absolute atomic E-state index is 0.131. The average Bonchev–Trinajstić information content (AvgIpc) is 2.56. The number of carbonyl (C=O) groups is 2. The molecule has 1 aliphatic heterocycles. The third-order valence-electron chi connectivity index (χ3n) is 3.51. The number of amides is 2. The topological polar surface area (TPSA) is 43.9 Å². The van der Waals surface area contributed by atoms with Gasteiger partial charge in [-0.05, 0) is 20.3 Å². The molecule has 0 N–H and O–H groups in total. The molecule has 0 radical (unpaired) electrons. The second kappa shape index (κ2) is 7.36. The van der Waals surface area contributed by atoms with Crippen LogP contribution in [-0.2, 0) is 9.59 Å². The molecule has 1 heterocycles. The van der Waals surface area contributed by atoms with E-state index in [1.807, 2.05) is 23.6 Å². The van der Waals surface area contributed by atoms with Gasteiger partial charge in [-0.1, -0.05) is 0 Å². The predicted molar refractivity (Wildman–Crippen MR) is 71.2 cm³/mol. The van der Waals surface area contributed by atoms with E-state index in [1.54, 1.807) is 6.92 Å². The number of nitrogens with zero attached hydrogens (tertiary/aromatic N) is 3. The summed E-state index contributed by atoms with van der Waals surface area (Å²) in [6, 6.07) is 0. The van der Waals surface area contributed by atoms with Crippen molar-refractivity contribution in [3.8, 4) is 0 Å². The lowest BCUT2D eigenvalue weighted by Crippen LogP contribution is -2.41. The van der Waals surface area contributed by atoms with Gasteiger partial charge in [-0.25, -0.2) is 0 Å². The lowest BCUT2D eigenvalue weighted by atomic mass is 10.3. The Morgan fingerprint density at radius 1 is 1.06 bits per heavy atom. The van der Waals surface area contributed by atoms with Crippen molar-refractivity contribution in [1.29, 1.82) is 0 Å². The maximum absolute atomic E-state index is 12.0. The highest BCUT2D eigenvalue weighted by Crippen LogP contribution is 2.04. The van der Waals surface area contributed by atoms with Crippen molar-refractivity contribution < 1.29 is 9.59 Å². The van der Waals surface area contributed by atoms with Gasteiger partial charge in [-0.15, -0.1) is 0 Å². The van der Waals surface area contributed by atoms with Gasteiger partial charge in [-0.3, -0.25) is 14.5 Å². The number of rotatable bonds is 4. The monoisotopic (exact) mass is 255 g/mol. The summed E-state index contributed by atoms with van der Waals surface area (Å²) in [6.45, 7) is 10.9. The zero-order valence-electron chi connectivity index (χ0n) is 11.8. The maximum atomic E-state index is 12.0. The quantitative estimate of drug-likeness (QED) is 0.731. The molecule has 0 aromatic carbocycles. The summed E-state index contributed by atoms with van der Waals surface area (Å²) in [6.07, 6.45) is 0.950. The fraction of sp³-hybridized carbons (Fsp3) is 0.846. The van der Waals surface area contributed by atoms with E-state index < -0.39 is 0 Å². The molecule has 2 amide bonds. The van der Waals surface area contributed by atoms with E-state index in [2.05, 4.69) is 4.90 Å². The predicted octanol–water partition coefficient (Wildman–Crippen LogP) is 0.409. The summed E-state index contributed by atoms with van der Waals surface area (Å²) in [5, 5.41) is 0. The van der Waals surface area contributed by atoms with Gasteiger partial charge in [0.1, 0.15) is 0 Å². The molecule has 0 aromatic heterocycles. The number of carbonyl (C=O) groups excluding carboxylic acids is 2. The van der Waals surface area contributed by atoms with Crippen molar-refractivity contribution in [2.75, 3.05) is 45.8 Å². The second-order valence-electron chi connectivity index (χ2n) is 4.70. The Morgan fingerprint density at radius 2 is 1.72 bits per heavy atom. The molecule has 0 aromatic rings. The zero-order chi connectivity index (χ0) is 13.5. The van der Waals surface area contributed by atoms with Crippen LogP contribution in [0.1, 0.15) is 27.2 Å². The van der Waals surface area contributed by atoms with Crippen LogP contribution >= 0.6 is 0 Å². The van der Waals surface area contributed by atoms with Crippen LogP contribution in [0.25, 0.3) is 0 Å². The molecule has 1 saturated heterocycles. The van der Waals surface area contributed by atoms with Gasteiger partial charge < -0.3 is 9.80 Å². The van der Waals surface area contributed by atoms with Gasteiger partial charge in [-0.2, -0.15) is 0 Å². The molecule has 0 spiro atoms. The number of likely N-dealkylation sites (N-methyl/N-ethyl adjacent to an activating group) is 1. The van der Waals surface area contributed by atoms with E-state index in [1.165, 1.54) is 0 Å². The standard InChI is InChI=1S/C13H25N3O2/c1-4-15(5-2)13(18)11-14-7-6-8-16(10-9-14)12(3)17/h4-11H2,1-3H3. The van der Waals surface area contributed by atoms with Crippen LogP contribution in [0.4, 0.5) is 0 Å². The summed E-state index contributed by atoms with van der Waals surface area (Å²) in [5.41, 5.74) is 0. The molecule has 0 unspecified atom stereocenters. The van der Waals surface area contributed by atoms with E-state index in [0.29, 0.717) is 6.54 Å². The van der Waals surface area contributed by atoms with E-state index in [4.69, 9.17) is 0 Å². The molecule has 1 fully saturated rings. The molecule has 0 bridgehead atoms. The maximum Gasteiger partial charge on any atom is 0.236 e. The highest BCUT2D eigenvalue weighted by molar-refractivity contribution is 5.78. The molecule has 18 heavy (non-hydrogen) atoms. The molecule has 104 valence electrons. The van der Waals surface area contributed by atoms with Crippen molar-refractivity contribution in [3.05, 3.63) is 0 Å². The van der Waals surface area contributed by atoms with Crippen LogP contribution in [0.2, 0.25) is 0 Å². The summed E-state index contributed by atoms with van der Waals surface area (Å²) in [4.78, 5) is 29.2. The first-order chi connectivity index (χ1) is 8.58. The Morgan fingerprint density at radius 3 is 2.28 bits per heavy atom. The normalized spacial score (nSPS) is 17.4. The summed E-state index contributed by atoms with van der Waals surface area (Å²) < 4.78 is 0. The largest absolute Gasteiger partial charge is 0.342 e. The molecule has 5 heteroatoms. The van der Waals surface area contributed by atoms with Crippen LogP contribution in [0.5, 0.6) is 0 Å². The molecule has 1 aliphatic rings. The van der Waals surface area contributed by atoms with Gasteiger partial charge >= 0.3 is 0 Å². The Balaban J connectivity index is 2.44. The third-order valence-corrected chi connectivity index (χ3v) is 3.51. The Kier molecular flexibility index (Phi) is 6.12. The van der Waals surface area contributed by atoms with Crippen molar-refractivity contribution >= 4 is 11.8 Å². The lowest BCUT2D eigenvalue weighted by molar-refractivity contribution is -0.132. The first kappa shape index (κ1) is 15.0. The van der Waals surface area contributed by atoms with Crippen molar-refractivity contribution in [3.63, 3.8) is 0 Å². The molecule has 0 aliphatic carbocycles. The number of hydrogen-bond donors (Lipinski definition) is 0. The second-order valence-corrected chi connectivity index (χ2v) is 4.70. The van der Waals surface area contributed by atoms with Crippen molar-refractivity contribution in [2.45, 2.75) is 27.2 Å². The van der Waals surface area contributed by atoms with Crippen LogP contribution in [0, 0.1) is 0 Å². The van der Waals surface area contributed by atoms with E-state index in [0.717, 1.165) is 45.7 Å². The molecule has 5 nitrogen and oxygen atoms in total. The van der Waals surface area contributed by atoms with Crippen molar-refractivity contribution in [1.82, 2.24) is 14.7 Å². The highest BCUT2D eigenvalue weighted by Gasteiger charge is 2.19. The van der Waals surface area contributed by atoms with E-state index >= 15 is 0 Å². The molecular weight excluding hydrogens is 230 g/mol. The SMILES string of the molecule is CCN(CC)C(=O)CN1CCCN(C(C)=O)CC1. The van der Waals surface area contributed by atoms with Gasteiger partial charge in [0.25, 0.3) is 0 Å². The van der Waals surface area contributed by atoms with Crippen LogP contribution in [0.3, 0.4) is 0 Å². The van der Waals surface area contributed by atoms with E-state index in [-0.39, 0.29) is 11.8 Å². The van der Waals surface area contributed by atoms with E-state index in [9.17, 15) is 9.59 Å². The Hall–Kier alpha value is -1.10. The van der Waals surface area contributed by atoms with Crippen LogP contribution in [0.15, 0.2) is 0 Å². The lowest BCUT2D eigenvalue weighted by Gasteiger charge is -2.24. The Bertz CT molecular complexity index is 290. The molecular formula is C13H25N3O2. The smallest absolute Gasteiger partial charge is 0.236 e. The summed E-state index contributed by atoms with van der Waals surface area (Å²) in [5.74, 6) is 0.322. The zero-order valence-corrected chi connectivity index (χ0v) is 11.8. The Labute approximate surface area is 110 Å². The van der Waals surface area contributed by atoms with Crippen LogP contribution in [-0.4, -0.2) is 72.3 Å². The summed E-state index contributed by atoms with van der Waals surface area (Å²) in [7, 11) is 0. The van der Waals surface area contributed by atoms with Gasteiger partial charge in [0.05, 0.1) is 6.54 Å². The third kappa shape index (κ3) is 4.29. The van der Waals surface area contributed by atoms with Crippen molar-refractivity contribution in [2.24, 2.45) is 0 Å². The summed E-state index contributed by atoms with van der Waals surface area (Å²) >= 11 is 0. The minimum Gasteiger partial charge on any atom is -0.342 e. The van der Waals surface area contributed by atoms with Gasteiger partial charge in [0, 0.05) is 46.2 Å². The highest BCUT2D eigenvalue weighted by atomic mass is 16.2. The minimum atomic E-state index is 0.131. The molecule has 0 saturated carbocycles. The number of hydrogen-bond acceptors (Lipinski definition) is 3. The fourth-order valence-electron chi connectivity index (χ4n) is 2.31. The van der Waals surface area contributed by atoms with Gasteiger partial charge in [0.15, 0.2) is 0 Å². The first-order valence-corrected chi connectivity index (χ1v) is 6.84. The fourth-order valence-corrected chi connectivity index (χ4v) is 2.31. The van der Waals surface area contributed by atoms with Crippen LogP contribution < -0.4 is 0 Å². The molecule has 1 rings (SSSR count). The van der Waals surface area contributed by atoms with Gasteiger partial charge in [0.2, 0.25) is 11.8 Å².